The van der Waals surface area contributed by atoms with E-state index in [1.165, 1.54) is 11.1 Å². The summed E-state index contributed by atoms with van der Waals surface area (Å²) < 4.78 is 40.3. The van der Waals surface area contributed by atoms with E-state index in [9.17, 15) is 24.2 Å². The fourth-order valence-electron chi connectivity index (χ4n) is 5.93. The van der Waals surface area contributed by atoms with Crippen LogP contribution in [0.15, 0.2) is 53.0 Å². The number of aryl methyl sites for hydroxylation is 2. The SMILES string of the molecule is CCCCC[C@H](O)/C=C/C=C\C/C=C\C/C=C\CCCC(=O)O[C@H](COC(=O)CCCCCCCCc1oc(CCC)c(C)c1C)COP(=O)(O)OCC[N+](C)(C)C. The van der Waals surface area contributed by atoms with Gasteiger partial charge in [-0.2, -0.15) is 0 Å². The highest BCUT2D eigenvalue weighted by Gasteiger charge is 2.27. The highest BCUT2D eigenvalue weighted by atomic mass is 31.2. The molecule has 0 fully saturated rings. The van der Waals surface area contributed by atoms with Gasteiger partial charge in [-0.05, 0) is 76.3 Å². The van der Waals surface area contributed by atoms with Crippen molar-refractivity contribution in [3.8, 4) is 0 Å². The third-order valence-electron chi connectivity index (χ3n) is 9.64. The lowest BCUT2D eigenvalue weighted by Crippen LogP contribution is -2.37. The van der Waals surface area contributed by atoms with Crippen molar-refractivity contribution in [3.63, 3.8) is 0 Å². The van der Waals surface area contributed by atoms with E-state index < -0.39 is 32.5 Å². The van der Waals surface area contributed by atoms with Gasteiger partial charge in [-0.1, -0.05) is 107 Å². The molecule has 1 heterocycles. The van der Waals surface area contributed by atoms with E-state index in [1.54, 1.807) is 0 Å². The fourth-order valence-corrected chi connectivity index (χ4v) is 6.67. The Hall–Kier alpha value is -2.79. The van der Waals surface area contributed by atoms with Crippen LogP contribution in [-0.2, 0) is 45.5 Å². The molecule has 0 amide bonds. The first-order valence-electron chi connectivity index (χ1n) is 21.8. The van der Waals surface area contributed by atoms with Gasteiger partial charge < -0.3 is 28.4 Å². The minimum absolute atomic E-state index is 0.00297. The number of hydrogen-bond acceptors (Lipinski definition) is 9. The van der Waals surface area contributed by atoms with Crippen LogP contribution in [0.4, 0.5) is 0 Å². The lowest BCUT2D eigenvalue weighted by molar-refractivity contribution is -0.870. The Morgan fingerprint density at radius 1 is 0.741 bits per heavy atom. The van der Waals surface area contributed by atoms with E-state index in [4.69, 9.17) is 22.9 Å². The van der Waals surface area contributed by atoms with Gasteiger partial charge in [0.15, 0.2) is 6.10 Å². The maximum absolute atomic E-state index is 12.7. The number of likely N-dealkylation sites (N-methyl/N-ethyl adjacent to an activating group) is 1. The minimum Gasteiger partial charge on any atom is -0.466 e. The number of quaternary nitrogens is 1. The molecule has 0 radical (unpaired) electrons. The first kappa shape index (κ1) is 53.2. The third-order valence-corrected chi connectivity index (χ3v) is 10.6. The number of allylic oxidation sites excluding steroid dienone is 7. The summed E-state index contributed by atoms with van der Waals surface area (Å²) in [5.74, 6) is 1.30. The molecule has 0 saturated carbocycles. The maximum Gasteiger partial charge on any atom is 0.472 e. The molecule has 0 aliphatic carbocycles. The number of aliphatic hydroxyl groups excluding tert-OH is 1. The van der Waals surface area contributed by atoms with Crippen molar-refractivity contribution >= 4 is 19.8 Å². The molecule has 0 bridgehead atoms. The Bertz CT molecular complexity index is 1420. The number of ether oxygens (including phenoxy) is 2. The number of hydrogen-bond donors (Lipinski definition) is 2. The van der Waals surface area contributed by atoms with Crippen LogP contribution in [0.25, 0.3) is 0 Å². The highest BCUT2D eigenvalue weighted by Crippen LogP contribution is 2.43. The zero-order valence-corrected chi connectivity index (χ0v) is 38.0. The second-order valence-corrected chi connectivity index (χ2v) is 17.6. The summed E-state index contributed by atoms with van der Waals surface area (Å²) in [4.78, 5) is 35.4. The summed E-state index contributed by atoms with van der Waals surface area (Å²) in [5, 5.41) is 9.91. The van der Waals surface area contributed by atoms with Gasteiger partial charge in [0.05, 0.1) is 33.9 Å². The average molecular weight is 837 g/mol. The molecule has 1 aromatic heterocycles. The van der Waals surface area contributed by atoms with Crippen LogP contribution < -0.4 is 0 Å². The molecule has 0 aliphatic heterocycles. The summed E-state index contributed by atoms with van der Waals surface area (Å²) in [7, 11) is 1.38. The lowest BCUT2D eigenvalue weighted by atomic mass is 10.0. The van der Waals surface area contributed by atoms with E-state index in [2.05, 4.69) is 39.8 Å². The van der Waals surface area contributed by atoms with Gasteiger partial charge in [0.2, 0.25) is 0 Å². The first-order valence-corrected chi connectivity index (χ1v) is 23.3. The van der Waals surface area contributed by atoms with E-state index in [0.29, 0.717) is 30.3 Å². The number of aliphatic hydroxyl groups is 1. The summed E-state index contributed by atoms with van der Waals surface area (Å²) in [6, 6.07) is 0. The van der Waals surface area contributed by atoms with Crippen LogP contribution in [0.1, 0.15) is 146 Å². The van der Waals surface area contributed by atoms with Gasteiger partial charge in [0.1, 0.15) is 31.3 Å². The van der Waals surface area contributed by atoms with Crippen LogP contribution >= 0.6 is 7.82 Å². The second kappa shape index (κ2) is 32.0. The Morgan fingerprint density at radius 2 is 1.38 bits per heavy atom. The predicted octanol–water partition coefficient (Wildman–Crippen LogP) is 10.5. The molecular formula is C46H79NO10P+. The van der Waals surface area contributed by atoms with Gasteiger partial charge in [-0.3, -0.25) is 18.6 Å². The molecule has 3 atom stereocenters. The zero-order chi connectivity index (χ0) is 43.1. The molecule has 1 rings (SSSR count). The summed E-state index contributed by atoms with van der Waals surface area (Å²) in [6.07, 6.45) is 30.7. The number of furan rings is 1. The molecule has 332 valence electrons. The Kier molecular flexibility index (Phi) is 29.4. The van der Waals surface area contributed by atoms with Crippen molar-refractivity contribution in [1.29, 1.82) is 0 Å². The van der Waals surface area contributed by atoms with Gasteiger partial charge >= 0.3 is 19.8 Å². The monoisotopic (exact) mass is 837 g/mol. The molecule has 58 heavy (non-hydrogen) atoms. The van der Waals surface area contributed by atoms with E-state index in [0.717, 1.165) is 101 Å². The smallest absolute Gasteiger partial charge is 0.466 e. The molecule has 12 heteroatoms. The van der Waals surface area contributed by atoms with Crippen molar-refractivity contribution in [2.45, 2.75) is 162 Å². The Morgan fingerprint density at radius 3 is 2.07 bits per heavy atom. The van der Waals surface area contributed by atoms with Gasteiger partial charge in [-0.15, -0.1) is 0 Å². The van der Waals surface area contributed by atoms with Crippen molar-refractivity contribution in [2.75, 3.05) is 47.5 Å². The molecule has 0 aliphatic rings. The van der Waals surface area contributed by atoms with E-state index in [1.807, 2.05) is 57.6 Å². The van der Waals surface area contributed by atoms with Crippen molar-refractivity contribution in [1.82, 2.24) is 0 Å². The van der Waals surface area contributed by atoms with Gasteiger partial charge in [0.25, 0.3) is 0 Å². The van der Waals surface area contributed by atoms with Crippen molar-refractivity contribution < 1.29 is 51.6 Å². The molecule has 11 nitrogen and oxygen atoms in total. The van der Waals surface area contributed by atoms with Gasteiger partial charge in [-0.25, -0.2) is 4.57 Å². The number of carbonyl (C=O) groups excluding carboxylic acids is 2. The van der Waals surface area contributed by atoms with Crippen molar-refractivity contribution in [2.24, 2.45) is 0 Å². The van der Waals surface area contributed by atoms with Crippen LogP contribution in [0.5, 0.6) is 0 Å². The number of unbranched alkanes of at least 4 members (excludes halogenated alkanes) is 8. The predicted molar refractivity (Wildman–Crippen MR) is 233 cm³/mol. The van der Waals surface area contributed by atoms with E-state index in [-0.39, 0.29) is 32.2 Å². The number of nitrogens with zero attached hydrogens (tertiary/aromatic N) is 1. The molecule has 0 spiro atoms. The van der Waals surface area contributed by atoms with Crippen LogP contribution in [0.2, 0.25) is 0 Å². The maximum atomic E-state index is 12.7. The van der Waals surface area contributed by atoms with Crippen LogP contribution in [0.3, 0.4) is 0 Å². The van der Waals surface area contributed by atoms with Gasteiger partial charge in [0, 0.05) is 25.7 Å². The molecule has 0 saturated heterocycles. The Labute approximate surface area is 351 Å². The second-order valence-electron chi connectivity index (χ2n) is 16.2. The first-order chi connectivity index (χ1) is 27.7. The summed E-state index contributed by atoms with van der Waals surface area (Å²) in [5.41, 5.74) is 2.57. The molecular weight excluding hydrogens is 757 g/mol. The standard InChI is InChI=1S/C46H78NO10P/c1-8-10-24-30-41(48)31-25-20-16-14-12-11-13-15-17-23-28-34-46(50)56-42(38-55-58(51,52)54-36-35-47(5,6)7)37-53-45(49)33-27-22-19-18-21-26-32-44-40(4)39(3)43(57-44)29-9-2/h11-12,15-17,20,25,31,41-42,48H,8-10,13-14,18-19,21-24,26-30,32-38H2,1-7H3/p+1/b12-11-,17-15-,20-16-,31-25+/t41-,42+/m0/s1. The number of phosphoric acid groups is 1. The Balaban J connectivity index is 2.43. The largest absolute Gasteiger partial charge is 0.472 e. The average Bonchev–Trinajstić information content (AvgIpc) is 3.42. The topological polar surface area (TPSA) is 142 Å². The molecule has 1 unspecified atom stereocenters. The number of rotatable bonds is 35. The van der Waals surface area contributed by atoms with Crippen LogP contribution in [-0.4, -0.2) is 86.1 Å². The molecule has 0 aromatic carbocycles. The molecule has 1 aromatic rings. The third kappa shape index (κ3) is 28.6. The van der Waals surface area contributed by atoms with E-state index >= 15 is 0 Å². The minimum atomic E-state index is -4.42. The quantitative estimate of drug-likeness (QED) is 0.0169. The highest BCUT2D eigenvalue weighted by molar-refractivity contribution is 7.47. The summed E-state index contributed by atoms with van der Waals surface area (Å²) in [6.45, 7) is 8.36. The fraction of sp³-hybridized carbons (Fsp3) is 0.696. The molecule has 2 N–H and O–H groups in total. The number of phosphoric ester groups is 1. The lowest BCUT2D eigenvalue weighted by Gasteiger charge is -2.24. The zero-order valence-electron chi connectivity index (χ0n) is 37.1. The number of esters is 2. The normalized spacial score (nSPS) is 14.6. The number of carbonyl (C=O) groups is 2. The van der Waals surface area contributed by atoms with Crippen LogP contribution in [0, 0.1) is 13.8 Å². The summed E-state index contributed by atoms with van der Waals surface area (Å²) >= 11 is 0. The van der Waals surface area contributed by atoms with Crippen molar-refractivity contribution in [3.05, 3.63) is 71.3 Å².